The fourth-order valence-electron chi connectivity index (χ4n) is 4.51. The van der Waals surface area contributed by atoms with Crippen LogP contribution in [0.5, 0.6) is 0 Å². The molecule has 35 heavy (non-hydrogen) atoms. The molecule has 0 aromatic rings. The molecule has 0 spiro atoms. The molecule has 0 aromatic carbocycles. The summed E-state index contributed by atoms with van der Waals surface area (Å²) in [5, 5.41) is 3.26. The van der Waals surface area contributed by atoms with Crippen molar-refractivity contribution in [2.75, 3.05) is 0 Å². The smallest absolute Gasteiger partial charge is 1.00 e. The first-order valence-electron chi connectivity index (χ1n) is 11.3. The van der Waals surface area contributed by atoms with E-state index in [0.29, 0.717) is 10.3 Å². The third-order valence-corrected chi connectivity index (χ3v) is 31.1. The van der Waals surface area contributed by atoms with Gasteiger partial charge >= 0.3 is 38.2 Å². The number of rotatable bonds is 10. The Morgan fingerprint density at radius 3 is 1.14 bits per heavy atom. The van der Waals surface area contributed by atoms with Crippen molar-refractivity contribution in [3.05, 3.63) is 46.8 Å². The minimum atomic E-state index is -2.63. The van der Waals surface area contributed by atoms with E-state index in [9.17, 15) is 0 Å². The van der Waals surface area contributed by atoms with Gasteiger partial charge in [0.05, 0.1) is 0 Å². The molecule has 2 aliphatic carbocycles. The number of halogens is 8. The standard InChI is InChI=1S/2C11H18Cl3Si2.2ClH.Zr/c2*1-4-7-11(16(12,13)14)15(2,3)10-8-5-6-9-10;;;/h2*5,8,11H,4,6-7H2,1-3H3;2*1H;/q2*-1;;;+4/p-2. The Labute approximate surface area is 278 Å². The normalized spacial score (nSPS) is 17.1. The molecule has 13 heteroatoms. The summed E-state index contributed by atoms with van der Waals surface area (Å²) in [4.78, 5) is 0. The van der Waals surface area contributed by atoms with E-state index in [4.69, 9.17) is 66.5 Å². The number of hydrogen-bond acceptors (Lipinski definition) is 0. The third kappa shape index (κ3) is 13.0. The van der Waals surface area contributed by atoms with Gasteiger partial charge < -0.3 is 24.8 Å². The third-order valence-electron chi connectivity index (χ3n) is 6.47. The summed E-state index contributed by atoms with van der Waals surface area (Å²) in [6.45, 7) is 13.5. The predicted molar refractivity (Wildman–Crippen MR) is 160 cm³/mol. The maximum absolute atomic E-state index is 6.28. The van der Waals surface area contributed by atoms with Crippen molar-refractivity contribution in [1.82, 2.24) is 0 Å². The van der Waals surface area contributed by atoms with Crippen LogP contribution in [-0.2, 0) is 26.2 Å². The Hall–Kier alpha value is 3.03. The summed E-state index contributed by atoms with van der Waals surface area (Å²) in [6, 6.07) is -5.25. The molecule has 0 heterocycles. The Balaban J connectivity index is -0.000000539. The molecule has 2 atom stereocenters. The summed E-state index contributed by atoms with van der Waals surface area (Å²) in [7, 11) is -3.34. The molecule has 200 valence electrons. The topological polar surface area (TPSA) is 0 Å². The van der Waals surface area contributed by atoms with E-state index in [2.05, 4.69) is 76.5 Å². The summed E-state index contributed by atoms with van der Waals surface area (Å²) in [5.41, 5.74) is 0. The zero-order valence-electron chi connectivity index (χ0n) is 21.2. The van der Waals surface area contributed by atoms with Crippen molar-refractivity contribution in [1.29, 1.82) is 0 Å². The quantitative estimate of drug-likeness (QED) is 0.173. The number of allylic oxidation sites excluding steroid dienone is 8. The molecule has 0 saturated carbocycles. The zero-order valence-corrected chi connectivity index (χ0v) is 33.7. The Kier molecular flexibility index (Phi) is 22.4. The van der Waals surface area contributed by atoms with Crippen LogP contribution in [0.15, 0.2) is 34.7 Å². The number of hydrogen-bond donors (Lipinski definition) is 0. The minimum Gasteiger partial charge on any atom is -1.00 e. The van der Waals surface area contributed by atoms with Gasteiger partial charge in [-0.25, -0.2) is 22.5 Å². The molecule has 0 radical (unpaired) electrons. The van der Waals surface area contributed by atoms with E-state index >= 15 is 0 Å². The van der Waals surface area contributed by atoms with Gasteiger partial charge in [0.1, 0.15) is 0 Å². The van der Waals surface area contributed by atoms with Crippen molar-refractivity contribution < 1.29 is 51.0 Å². The van der Waals surface area contributed by atoms with Crippen LogP contribution in [0.25, 0.3) is 0 Å². The van der Waals surface area contributed by atoms with Crippen LogP contribution < -0.4 is 24.8 Å². The van der Waals surface area contributed by atoms with Gasteiger partial charge in [0.15, 0.2) is 0 Å². The molecule has 0 amide bonds. The maximum atomic E-state index is 6.28. The molecule has 2 unspecified atom stereocenters. The van der Waals surface area contributed by atoms with Crippen molar-refractivity contribution >= 4 is 94.6 Å². The maximum Gasteiger partial charge on any atom is 4.00 e. The van der Waals surface area contributed by atoms with Crippen molar-refractivity contribution in [3.8, 4) is 0 Å². The molecular weight excluding hydrogens is 751 g/mol. The molecule has 0 bridgehead atoms. The molecule has 0 nitrogen and oxygen atoms in total. The second kappa shape index (κ2) is 18.5. The monoisotopic (exact) mass is 782 g/mol. The van der Waals surface area contributed by atoms with Gasteiger partial charge in [-0.3, -0.25) is 12.2 Å². The molecule has 0 fully saturated rings. The first kappa shape index (κ1) is 42.5. The molecule has 0 N–H and O–H groups in total. The largest absolute Gasteiger partial charge is 4.00 e. The van der Waals surface area contributed by atoms with Crippen LogP contribution in [0.1, 0.15) is 52.4 Å². The van der Waals surface area contributed by atoms with Crippen LogP contribution in [0.4, 0.5) is 0 Å². The van der Waals surface area contributed by atoms with E-state index in [1.165, 1.54) is 10.4 Å². The SMILES string of the molecule is CCCC([Si](Cl)(Cl)Cl)[Si](C)(C)C1=[C-]CC=C1.CCCC([Si](Cl)(Cl)Cl)[Si](C)(C)C1=[C-]CC=C1.[Cl-].[Cl-].[Zr+4]. The van der Waals surface area contributed by atoms with E-state index in [1.807, 2.05) is 0 Å². The second-order valence-electron chi connectivity index (χ2n) is 9.60. The second-order valence-corrected chi connectivity index (χ2v) is 37.9. The van der Waals surface area contributed by atoms with Gasteiger partial charge in [-0.1, -0.05) is 65.7 Å². The van der Waals surface area contributed by atoms with Gasteiger partial charge in [0, 0.05) is 16.1 Å². The molecule has 0 aliphatic heterocycles. The van der Waals surface area contributed by atoms with Gasteiger partial charge in [-0.2, -0.15) is 12.2 Å². The molecule has 2 rings (SSSR count). The molecule has 2 aliphatic rings. The van der Waals surface area contributed by atoms with Crippen molar-refractivity contribution in [2.24, 2.45) is 0 Å². The minimum absolute atomic E-state index is 0. The summed E-state index contributed by atoms with van der Waals surface area (Å²) in [5.74, 6) is 0. The zero-order chi connectivity index (χ0) is 24.8. The van der Waals surface area contributed by atoms with Crippen LogP contribution in [-0.4, -0.2) is 28.2 Å². The van der Waals surface area contributed by atoms with Gasteiger partial charge in [-0.15, -0.1) is 79.3 Å². The fraction of sp³-hybridized carbons (Fsp3) is 0.636. The van der Waals surface area contributed by atoms with Crippen molar-refractivity contribution in [3.63, 3.8) is 0 Å². The van der Waals surface area contributed by atoms with Gasteiger partial charge in [0.2, 0.25) is 0 Å². The van der Waals surface area contributed by atoms with Gasteiger partial charge in [0.25, 0.3) is 0 Å². The summed E-state index contributed by atoms with van der Waals surface area (Å²) >= 11 is 37.7. The Morgan fingerprint density at radius 2 is 0.971 bits per heavy atom. The van der Waals surface area contributed by atoms with Crippen LogP contribution in [0.2, 0.25) is 36.5 Å². The average molecular weight is 788 g/mol. The molecule has 0 saturated heterocycles. The average Bonchev–Trinajstić information content (AvgIpc) is 3.36. The first-order valence-corrected chi connectivity index (χ1v) is 27.7. The summed E-state index contributed by atoms with van der Waals surface area (Å²) < 4.78 is 0. The molecule has 0 aromatic heterocycles. The summed E-state index contributed by atoms with van der Waals surface area (Å²) in [6.07, 6.45) is 21.6. The van der Waals surface area contributed by atoms with Crippen LogP contribution in [0.3, 0.4) is 0 Å². The fourth-order valence-corrected chi connectivity index (χ4v) is 34.9. The Morgan fingerprint density at radius 1 is 0.686 bits per heavy atom. The van der Waals surface area contributed by atoms with E-state index in [1.54, 1.807) is 0 Å². The van der Waals surface area contributed by atoms with Gasteiger partial charge in [-0.05, 0) is 10.3 Å². The predicted octanol–water partition coefficient (Wildman–Crippen LogP) is 4.58. The van der Waals surface area contributed by atoms with Crippen molar-refractivity contribution in [2.45, 2.75) is 88.9 Å². The Bertz CT molecular complexity index is 679. The van der Waals surface area contributed by atoms with Crippen LogP contribution in [0, 0.1) is 12.2 Å². The van der Waals surface area contributed by atoms with E-state index < -0.39 is 28.2 Å². The molecular formula is C22H36Cl8Si4Zr. The van der Waals surface area contributed by atoms with Crippen LogP contribution >= 0.6 is 66.5 Å². The van der Waals surface area contributed by atoms with E-state index in [-0.39, 0.29) is 51.0 Å². The van der Waals surface area contributed by atoms with E-state index in [0.717, 1.165) is 38.5 Å². The first-order chi connectivity index (χ1) is 14.6.